The molecule has 6 heteroatoms. The van der Waals surface area contributed by atoms with Crippen molar-refractivity contribution >= 4 is 17.5 Å². The molecule has 0 bridgehead atoms. The van der Waals surface area contributed by atoms with Gasteiger partial charge in [0.15, 0.2) is 0 Å². The highest BCUT2D eigenvalue weighted by Gasteiger charge is 2.39. The Morgan fingerprint density at radius 1 is 1.40 bits per heavy atom. The van der Waals surface area contributed by atoms with Crippen LogP contribution in [0.1, 0.15) is 20.3 Å². The number of halogens is 1. The minimum Gasteiger partial charge on any atom is -0.494 e. The molecule has 0 spiro atoms. The molecule has 1 aromatic rings. The monoisotopic (exact) mass is 280 g/mol. The maximum atomic E-state index is 13.3. The summed E-state index contributed by atoms with van der Waals surface area (Å²) in [6, 6.07) is 2.68. The van der Waals surface area contributed by atoms with Crippen LogP contribution >= 0.6 is 0 Å². The van der Waals surface area contributed by atoms with Crippen LogP contribution in [0.3, 0.4) is 0 Å². The zero-order chi connectivity index (χ0) is 14.9. The molecule has 0 saturated carbocycles. The topological polar surface area (TPSA) is 58.6 Å². The number of hydrogen-bond donors (Lipinski definition) is 1. The van der Waals surface area contributed by atoms with Crippen molar-refractivity contribution in [2.75, 3.05) is 12.0 Å². The summed E-state index contributed by atoms with van der Waals surface area (Å²) in [4.78, 5) is 25.8. The molecular formula is C14H17FN2O3. The second-order valence-corrected chi connectivity index (χ2v) is 4.68. The fourth-order valence-corrected chi connectivity index (χ4v) is 2.36. The second-order valence-electron chi connectivity index (χ2n) is 4.68. The fourth-order valence-electron chi connectivity index (χ4n) is 2.36. The smallest absolute Gasteiger partial charge is 0.250 e. The number of rotatable bonds is 3. The van der Waals surface area contributed by atoms with Crippen molar-refractivity contribution in [3.05, 3.63) is 24.0 Å². The molecule has 1 heterocycles. The van der Waals surface area contributed by atoms with Crippen molar-refractivity contribution in [1.82, 2.24) is 5.32 Å². The van der Waals surface area contributed by atoms with Gasteiger partial charge in [0.25, 0.3) is 0 Å². The first-order valence-electron chi connectivity index (χ1n) is 6.46. The van der Waals surface area contributed by atoms with Crippen LogP contribution in [0.25, 0.3) is 0 Å². The van der Waals surface area contributed by atoms with E-state index in [-0.39, 0.29) is 17.6 Å². The lowest BCUT2D eigenvalue weighted by atomic mass is 10.0. The summed E-state index contributed by atoms with van der Waals surface area (Å²) < 4.78 is 18.4. The molecular weight excluding hydrogens is 263 g/mol. The minimum atomic E-state index is -0.613. The first-order valence-corrected chi connectivity index (χ1v) is 6.46. The number of nitrogens with zero attached hydrogens (tertiary/aromatic N) is 1. The van der Waals surface area contributed by atoms with Crippen molar-refractivity contribution in [2.24, 2.45) is 0 Å². The SMILES string of the molecule is CCC1C(=O)NC(C)C(=O)N1c1ccc(F)cc1OC. The zero-order valence-corrected chi connectivity index (χ0v) is 11.6. The van der Waals surface area contributed by atoms with Gasteiger partial charge in [-0.15, -0.1) is 0 Å². The Kier molecular flexibility index (Phi) is 3.92. The van der Waals surface area contributed by atoms with Gasteiger partial charge in [-0.05, 0) is 25.5 Å². The normalized spacial score (nSPS) is 22.7. The number of carbonyl (C=O) groups is 2. The minimum absolute atomic E-state index is 0.217. The Morgan fingerprint density at radius 2 is 2.10 bits per heavy atom. The molecule has 20 heavy (non-hydrogen) atoms. The second kappa shape index (κ2) is 5.48. The number of hydrogen-bond acceptors (Lipinski definition) is 3. The van der Waals surface area contributed by atoms with E-state index >= 15 is 0 Å². The Morgan fingerprint density at radius 3 is 2.70 bits per heavy atom. The van der Waals surface area contributed by atoms with Crippen molar-refractivity contribution in [3.8, 4) is 5.75 Å². The van der Waals surface area contributed by atoms with E-state index in [2.05, 4.69) is 5.32 Å². The van der Waals surface area contributed by atoms with Gasteiger partial charge in [0.2, 0.25) is 11.8 Å². The van der Waals surface area contributed by atoms with Crippen LogP contribution in [-0.4, -0.2) is 31.0 Å². The quantitative estimate of drug-likeness (QED) is 0.912. The zero-order valence-electron chi connectivity index (χ0n) is 11.6. The summed E-state index contributed by atoms with van der Waals surface area (Å²) in [7, 11) is 1.40. The van der Waals surface area contributed by atoms with E-state index in [9.17, 15) is 14.0 Å². The molecule has 2 rings (SSSR count). The molecule has 1 aliphatic rings. The predicted molar refractivity (Wildman–Crippen MR) is 72.1 cm³/mol. The van der Waals surface area contributed by atoms with Gasteiger partial charge in [-0.25, -0.2) is 4.39 Å². The fraction of sp³-hybridized carbons (Fsp3) is 0.429. The average Bonchev–Trinajstić information content (AvgIpc) is 2.42. The van der Waals surface area contributed by atoms with Crippen LogP contribution in [0.4, 0.5) is 10.1 Å². The number of nitrogens with one attached hydrogen (secondary N) is 1. The summed E-state index contributed by atoms with van der Waals surface area (Å²) in [5, 5.41) is 2.63. The molecule has 1 aliphatic heterocycles. The van der Waals surface area contributed by atoms with E-state index in [1.54, 1.807) is 6.92 Å². The molecule has 1 saturated heterocycles. The number of amides is 2. The molecule has 108 valence electrons. The van der Waals surface area contributed by atoms with E-state index in [1.807, 2.05) is 6.92 Å². The maximum absolute atomic E-state index is 13.3. The lowest BCUT2D eigenvalue weighted by Crippen LogP contribution is -2.62. The number of piperazine rings is 1. The van der Waals surface area contributed by atoms with Crippen molar-refractivity contribution in [2.45, 2.75) is 32.4 Å². The third kappa shape index (κ3) is 2.33. The Labute approximate surface area is 116 Å². The van der Waals surface area contributed by atoms with Crippen LogP contribution < -0.4 is 15.0 Å². The van der Waals surface area contributed by atoms with E-state index in [0.717, 1.165) is 0 Å². The molecule has 0 aromatic heterocycles. The molecule has 0 radical (unpaired) electrons. The van der Waals surface area contributed by atoms with E-state index in [0.29, 0.717) is 12.1 Å². The highest BCUT2D eigenvalue weighted by atomic mass is 19.1. The summed E-state index contributed by atoms with van der Waals surface area (Å²) in [5.41, 5.74) is 0.410. The number of carbonyl (C=O) groups excluding carboxylic acids is 2. The molecule has 1 aromatic carbocycles. The number of ether oxygens (including phenoxy) is 1. The molecule has 2 atom stereocenters. The van der Waals surface area contributed by atoms with Gasteiger partial charge in [-0.3, -0.25) is 14.5 Å². The van der Waals surface area contributed by atoms with Gasteiger partial charge in [0, 0.05) is 6.07 Å². The van der Waals surface area contributed by atoms with E-state index in [4.69, 9.17) is 4.74 Å². The van der Waals surface area contributed by atoms with Gasteiger partial charge in [0.1, 0.15) is 23.7 Å². The number of methoxy groups -OCH3 is 1. The number of anilines is 1. The van der Waals surface area contributed by atoms with Crippen LogP contribution in [0.2, 0.25) is 0 Å². The summed E-state index contributed by atoms with van der Waals surface area (Å²) in [6.45, 7) is 3.44. The van der Waals surface area contributed by atoms with Crippen LogP contribution in [0, 0.1) is 5.82 Å². The third-order valence-corrected chi connectivity index (χ3v) is 3.37. The highest BCUT2D eigenvalue weighted by molar-refractivity contribution is 6.08. The van der Waals surface area contributed by atoms with Crippen LogP contribution in [-0.2, 0) is 9.59 Å². The third-order valence-electron chi connectivity index (χ3n) is 3.37. The van der Waals surface area contributed by atoms with Crippen molar-refractivity contribution in [1.29, 1.82) is 0 Å². The summed E-state index contributed by atoms with van der Waals surface area (Å²) in [5.74, 6) is -0.674. The Hall–Kier alpha value is -2.11. The van der Waals surface area contributed by atoms with E-state index in [1.165, 1.54) is 30.2 Å². The average molecular weight is 280 g/mol. The maximum Gasteiger partial charge on any atom is 0.250 e. The summed E-state index contributed by atoms with van der Waals surface area (Å²) in [6.07, 6.45) is 0.463. The Bertz CT molecular complexity index is 547. The largest absolute Gasteiger partial charge is 0.494 e. The molecule has 2 amide bonds. The van der Waals surface area contributed by atoms with Crippen molar-refractivity contribution in [3.63, 3.8) is 0 Å². The molecule has 2 unspecified atom stereocenters. The predicted octanol–water partition coefficient (Wildman–Crippen LogP) is 1.46. The van der Waals surface area contributed by atoms with Crippen LogP contribution in [0.15, 0.2) is 18.2 Å². The van der Waals surface area contributed by atoms with Gasteiger partial charge in [0.05, 0.1) is 12.8 Å². The van der Waals surface area contributed by atoms with Gasteiger partial charge >= 0.3 is 0 Å². The summed E-state index contributed by atoms with van der Waals surface area (Å²) >= 11 is 0. The first-order chi connectivity index (χ1) is 9.49. The Balaban J connectivity index is 2.51. The highest BCUT2D eigenvalue weighted by Crippen LogP contribution is 2.32. The van der Waals surface area contributed by atoms with Gasteiger partial charge in [-0.1, -0.05) is 6.92 Å². The van der Waals surface area contributed by atoms with Crippen LogP contribution in [0.5, 0.6) is 5.75 Å². The van der Waals surface area contributed by atoms with Gasteiger partial charge < -0.3 is 10.1 Å². The van der Waals surface area contributed by atoms with Gasteiger partial charge in [-0.2, -0.15) is 0 Å². The molecule has 1 fully saturated rings. The standard InChI is InChI=1S/C14H17FN2O3/c1-4-10-13(18)16-8(2)14(19)17(10)11-6-5-9(15)7-12(11)20-3/h5-8,10H,4H2,1-3H3,(H,16,18). The molecule has 1 N–H and O–H groups in total. The van der Waals surface area contributed by atoms with E-state index < -0.39 is 17.9 Å². The lowest BCUT2D eigenvalue weighted by molar-refractivity contribution is -0.133. The first kappa shape index (κ1) is 14.3. The molecule has 5 nitrogen and oxygen atoms in total. The number of benzene rings is 1. The molecule has 0 aliphatic carbocycles. The van der Waals surface area contributed by atoms with Crippen molar-refractivity contribution < 1.29 is 18.7 Å². The lowest BCUT2D eigenvalue weighted by Gasteiger charge is -2.38.